The molecule has 0 bridgehead atoms. The Morgan fingerprint density at radius 2 is 2.20 bits per heavy atom. The number of amides is 2. The van der Waals surface area contributed by atoms with E-state index >= 15 is 0 Å². The summed E-state index contributed by atoms with van der Waals surface area (Å²) in [6.45, 7) is 3.80. The third-order valence-corrected chi connectivity index (χ3v) is 4.09. The van der Waals surface area contributed by atoms with Crippen molar-refractivity contribution in [3.8, 4) is 0 Å². The van der Waals surface area contributed by atoms with E-state index in [-0.39, 0.29) is 19.0 Å². The molecule has 114 valence electrons. The molecule has 2 aliphatic heterocycles. The van der Waals surface area contributed by atoms with E-state index in [1.807, 2.05) is 4.90 Å². The molecule has 0 spiro atoms. The quantitative estimate of drug-likeness (QED) is 0.741. The van der Waals surface area contributed by atoms with E-state index in [0.717, 1.165) is 32.6 Å². The Morgan fingerprint density at radius 1 is 1.40 bits per heavy atom. The van der Waals surface area contributed by atoms with Crippen LogP contribution in [0.15, 0.2) is 0 Å². The van der Waals surface area contributed by atoms with Crippen molar-refractivity contribution in [3.05, 3.63) is 0 Å². The van der Waals surface area contributed by atoms with Crippen LogP contribution in [0.5, 0.6) is 0 Å². The second-order valence-electron chi connectivity index (χ2n) is 5.42. The first-order valence-electron chi connectivity index (χ1n) is 7.11. The van der Waals surface area contributed by atoms with Crippen molar-refractivity contribution in [1.82, 2.24) is 15.1 Å². The molecule has 0 aliphatic carbocycles. The van der Waals surface area contributed by atoms with E-state index < -0.39 is 12.1 Å². The van der Waals surface area contributed by atoms with E-state index in [4.69, 9.17) is 9.84 Å². The van der Waals surface area contributed by atoms with Gasteiger partial charge in [-0.15, -0.1) is 0 Å². The lowest BCUT2D eigenvalue weighted by molar-refractivity contribution is -0.139. The van der Waals surface area contributed by atoms with Gasteiger partial charge in [0.15, 0.2) is 0 Å². The standard InChI is InChI=1S/C13H23N3O4/c1-20-11(7-12(17)18)8-14-13(19)16-6-5-15-4-2-3-10(15)9-16/h10-11H,2-9H2,1H3,(H,14,19)(H,17,18). The van der Waals surface area contributed by atoms with Crippen LogP contribution in [-0.2, 0) is 9.53 Å². The van der Waals surface area contributed by atoms with Crippen LogP contribution in [0.4, 0.5) is 4.79 Å². The number of fused-ring (bicyclic) bond motifs is 1. The Labute approximate surface area is 118 Å². The predicted octanol–water partition coefficient (Wildman–Crippen LogP) is -0.0343. The number of urea groups is 1. The lowest BCUT2D eigenvalue weighted by Gasteiger charge is -2.37. The number of hydrogen-bond donors (Lipinski definition) is 2. The number of piperazine rings is 1. The monoisotopic (exact) mass is 285 g/mol. The number of methoxy groups -OCH3 is 1. The van der Waals surface area contributed by atoms with Gasteiger partial charge in [-0.3, -0.25) is 9.69 Å². The van der Waals surface area contributed by atoms with Gasteiger partial charge in [-0.1, -0.05) is 0 Å². The van der Waals surface area contributed by atoms with Crippen LogP contribution in [0.25, 0.3) is 0 Å². The average Bonchev–Trinajstić information content (AvgIpc) is 2.89. The number of aliphatic carboxylic acids is 1. The summed E-state index contributed by atoms with van der Waals surface area (Å²) in [6, 6.07) is 0.371. The van der Waals surface area contributed by atoms with Crippen LogP contribution in [0.3, 0.4) is 0 Å². The number of carboxylic acids is 1. The van der Waals surface area contributed by atoms with Crippen LogP contribution in [-0.4, -0.2) is 78.9 Å². The fraction of sp³-hybridized carbons (Fsp3) is 0.846. The normalized spacial score (nSPS) is 24.2. The number of hydrogen-bond acceptors (Lipinski definition) is 4. The number of rotatable bonds is 5. The molecule has 2 heterocycles. The summed E-state index contributed by atoms with van der Waals surface area (Å²) in [6.07, 6.45) is 1.78. The lowest BCUT2D eigenvalue weighted by atomic mass is 10.1. The molecular formula is C13H23N3O4. The van der Waals surface area contributed by atoms with E-state index in [1.165, 1.54) is 13.5 Å². The van der Waals surface area contributed by atoms with Gasteiger partial charge in [0.1, 0.15) is 0 Å². The highest BCUT2D eigenvalue weighted by Crippen LogP contribution is 2.21. The summed E-state index contributed by atoms with van der Waals surface area (Å²) in [5.74, 6) is -0.925. The summed E-state index contributed by atoms with van der Waals surface area (Å²) in [4.78, 5) is 27.0. The van der Waals surface area contributed by atoms with Crippen molar-refractivity contribution in [2.75, 3.05) is 39.8 Å². The molecule has 0 aromatic rings. The maximum Gasteiger partial charge on any atom is 0.317 e. The minimum absolute atomic E-state index is 0.104. The number of carbonyl (C=O) groups excluding carboxylic acids is 1. The first-order valence-corrected chi connectivity index (χ1v) is 7.11. The molecule has 2 fully saturated rings. The Hall–Kier alpha value is -1.34. The van der Waals surface area contributed by atoms with E-state index in [1.54, 1.807) is 0 Å². The molecule has 2 unspecified atom stereocenters. The van der Waals surface area contributed by atoms with Crippen molar-refractivity contribution in [1.29, 1.82) is 0 Å². The minimum atomic E-state index is -0.925. The molecule has 2 rings (SSSR count). The van der Waals surface area contributed by atoms with Gasteiger partial charge < -0.3 is 20.1 Å². The van der Waals surface area contributed by atoms with Crippen molar-refractivity contribution >= 4 is 12.0 Å². The first kappa shape index (κ1) is 15.1. The topological polar surface area (TPSA) is 82.1 Å². The molecule has 2 amide bonds. The van der Waals surface area contributed by atoms with Gasteiger partial charge in [0.05, 0.1) is 12.5 Å². The Kier molecular flexibility index (Phi) is 5.19. The van der Waals surface area contributed by atoms with Gasteiger partial charge >= 0.3 is 12.0 Å². The third kappa shape index (κ3) is 3.83. The number of nitrogens with one attached hydrogen (secondary N) is 1. The zero-order valence-corrected chi connectivity index (χ0v) is 11.9. The summed E-state index contributed by atoms with van der Waals surface area (Å²) < 4.78 is 5.05. The molecular weight excluding hydrogens is 262 g/mol. The summed E-state index contributed by atoms with van der Waals surface area (Å²) >= 11 is 0. The molecule has 0 saturated carbocycles. The van der Waals surface area contributed by atoms with E-state index in [2.05, 4.69) is 10.2 Å². The zero-order chi connectivity index (χ0) is 14.5. The Bertz CT molecular complexity index is 364. The maximum absolute atomic E-state index is 12.1. The zero-order valence-electron chi connectivity index (χ0n) is 11.9. The third-order valence-electron chi connectivity index (χ3n) is 4.09. The molecule has 2 atom stereocenters. The summed E-state index contributed by atoms with van der Waals surface area (Å²) in [7, 11) is 1.46. The molecule has 2 N–H and O–H groups in total. The molecule has 20 heavy (non-hydrogen) atoms. The average molecular weight is 285 g/mol. The molecule has 7 heteroatoms. The highest BCUT2D eigenvalue weighted by molar-refractivity contribution is 5.74. The maximum atomic E-state index is 12.1. The predicted molar refractivity (Wildman–Crippen MR) is 72.6 cm³/mol. The van der Waals surface area contributed by atoms with Crippen molar-refractivity contribution in [2.24, 2.45) is 0 Å². The van der Waals surface area contributed by atoms with Gasteiger partial charge in [0, 0.05) is 39.3 Å². The fourth-order valence-electron chi connectivity index (χ4n) is 2.92. The van der Waals surface area contributed by atoms with E-state index in [9.17, 15) is 9.59 Å². The van der Waals surface area contributed by atoms with Crippen molar-refractivity contribution in [3.63, 3.8) is 0 Å². The van der Waals surface area contributed by atoms with Crippen LogP contribution in [0, 0.1) is 0 Å². The van der Waals surface area contributed by atoms with Gasteiger partial charge in [0.2, 0.25) is 0 Å². The first-order chi connectivity index (χ1) is 9.60. The smallest absolute Gasteiger partial charge is 0.317 e. The van der Waals surface area contributed by atoms with Crippen LogP contribution >= 0.6 is 0 Å². The number of nitrogens with zero attached hydrogens (tertiary/aromatic N) is 2. The Balaban J connectivity index is 1.75. The van der Waals surface area contributed by atoms with Crippen molar-refractivity contribution in [2.45, 2.75) is 31.4 Å². The second kappa shape index (κ2) is 6.90. The molecule has 7 nitrogen and oxygen atoms in total. The molecule has 2 saturated heterocycles. The molecule has 2 aliphatic rings. The SMILES string of the molecule is COC(CNC(=O)N1CCN2CCCC2C1)CC(=O)O. The van der Waals surface area contributed by atoms with Gasteiger partial charge in [-0.25, -0.2) is 4.79 Å². The highest BCUT2D eigenvalue weighted by atomic mass is 16.5. The number of carbonyl (C=O) groups is 2. The molecule has 0 aromatic heterocycles. The van der Waals surface area contributed by atoms with Gasteiger partial charge in [0.25, 0.3) is 0 Å². The number of carboxylic acid groups (broad SMARTS) is 1. The van der Waals surface area contributed by atoms with Gasteiger partial charge in [-0.05, 0) is 19.4 Å². The van der Waals surface area contributed by atoms with Crippen molar-refractivity contribution < 1.29 is 19.4 Å². The van der Waals surface area contributed by atoms with Crippen LogP contribution in [0.2, 0.25) is 0 Å². The molecule has 0 radical (unpaired) electrons. The van der Waals surface area contributed by atoms with Crippen LogP contribution in [0.1, 0.15) is 19.3 Å². The molecule has 0 aromatic carbocycles. The summed E-state index contributed by atoms with van der Waals surface area (Å²) in [5, 5.41) is 11.5. The number of ether oxygens (including phenoxy) is 1. The fourth-order valence-corrected chi connectivity index (χ4v) is 2.92. The van der Waals surface area contributed by atoms with E-state index in [0.29, 0.717) is 6.04 Å². The Morgan fingerprint density at radius 3 is 2.90 bits per heavy atom. The lowest BCUT2D eigenvalue weighted by Crippen LogP contribution is -2.55. The van der Waals surface area contributed by atoms with Gasteiger partial charge in [-0.2, -0.15) is 0 Å². The second-order valence-corrected chi connectivity index (χ2v) is 5.42. The minimum Gasteiger partial charge on any atom is -0.481 e. The largest absolute Gasteiger partial charge is 0.481 e. The highest BCUT2D eigenvalue weighted by Gasteiger charge is 2.32. The van der Waals surface area contributed by atoms with Crippen LogP contribution < -0.4 is 5.32 Å². The summed E-state index contributed by atoms with van der Waals surface area (Å²) in [5.41, 5.74) is 0.